The van der Waals surface area contributed by atoms with Crippen molar-refractivity contribution in [3.63, 3.8) is 0 Å². The summed E-state index contributed by atoms with van der Waals surface area (Å²) in [5, 5.41) is 0. The number of hydrogen-bond donors (Lipinski definition) is 0. The van der Waals surface area contributed by atoms with Crippen LogP contribution in [0.1, 0.15) is 12.5 Å². The quantitative estimate of drug-likeness (QED) is 0.579. The molecule has 1 fully saturated rings. The van der Waals surface area contributed by atoms with Gasteiger partial charge in [0.15, 0.2) is 0 Å². The summed E-state index contributed by atoms with van der Waals surface area (Å²) in [5.74, 6) is -0.0162. The van der Waals surface area contributed by atoms with Crippen LogP contribution in [0, 0.1) is 0 Å². The number of allylic oxidation sites excluding steroid dienone is 1. The van der Waals surface area contributed by atoms with E-state index >= 15 is 0 Å². The van der Waals surface area contributed by atoms with Gasteiger partial charge < -0.3 is 0 Å². The minimum atomic E-state index is -0.0162. The molecule has 0 N–H and O–H groups in total. The smallest absolute Gasteiger partial charge is 0.266 e. The molecule has 0 saturated carbocycles. The van der Waals surface area contributed by atoms with E-state index in [1.54, 1.807) is 7.05 Å². The van der Waals surface area contributed by atoms with Gasteiger partial charge in [-0.1, -0.05) is 52.0 Å². The van der Waals surface area contributed by atoms with Crippen LogP contribution in [0.3, 0.4) is 0 Å². The van der Waals surface area contributed by atoms with Crippen LogP contribution in [0.25, 0.3) is 5.57 Å². The van der Waals surface area contributed by atoms with E-state index in [0.29, 0.717) is 4.32 Å². The molecule has 1 saturated heterocycles. The van der Waals surface area contributed by atoms with Crippen molar-refractivity contribution in [1.29, 1.82) is 0 Å². The number of thiocarbonyl (C=S) groups is 1. The monoisotopic (exact) mass is 327 g/mol. The predicted octanol–water partition coefficient (Wildman–Crippen LogP) is 3.67. The van der Waals surface area contributed by atoms with Crippen molar-refractivity contribution in [1.82, 2.24) is 4.90 Å². The summed E-state index contributed by atoms with van der Waals surface area (Å²) in [7, 11) is 1.71. The van der Waals surface area contributed by atoms with E-state index in [2.05, 4.69) is 15.9 Å². The molecule has 0 aromatic heterocycles. The highest BCUT2D eigenvalue weighted by molar-refractivity contribution is 9.10. The van der Waals surface area contributed by atoms with Gasteiger partial charge in [0.05, 0.1) is 4.91 Å². The third-order valence-electron chi connectivity index (χ3n) is 2.56. The Morgan fingerprint density at radius 3 is 2.71 bits per heavy atom. The molecule has 5 heteroatoms. The largest absolute Gasteiger partial charge is 0.296 e. The van der Waals surface area contributed by atoms with Crippen LogP contribution in [0.4, 0.5) is 0 Å². The third-order valence-corrected chi connectivity index (χ3v) is 4.71. The normalized spacial score (nSPS) is 18.9. The van der Waals surface area contributed by atoms with E-state index in [1.807, 2.05) is 31.2 Å². The number of carbonyl (C=O) groups excluding carboxylic acids is 1. The molecular formula is C12H10BrNOS2. The van der Waals surface area contributed by atoms with E-state index in [1.165, 1.54) is 16.7 Å². The summed E-state index contributed by atoms with van der Waals surface area (Å²) in [6.07, 6.45) is 0. The van der Waals surface area contributed by atoms with Crippen molar-refractivity contribution >= 4 is 55.7 Å². The van der Waals surface area contributed by atoms with Gasteiger partial charge in [-0.05, 0) is 30.2 Å². The van der Waals surface area contributed by atoms with Gasteiger partial charge in [0.2, 0.25) is 0 Å². The van der Waals surface area contributed by atoms with Gasteiger partial charge in [0.1, 0.15) is 4.32 Å². The van der Waals surface area contributed by atoms with Gasteiger partial charge in [-0.25, -0.2) is 0 Å². The first kappa shape index (κ1) is 12.8. The van der Waals surface area contributed by atoms with E-state index in [0.717, 1.165) is 20.5 Å². The molecule has 1 aromatic carbocycles. The Kier molecular flexibility index (Phi) is 3.70. The van der Waals surface area contributed by atoms with Crippen LogP contribution in [-0.4, -0.2) is 22.2 Å². The lowest BCUT2D eigenvalue weighted by Crippen LogP contribution is -2.22. The molecule has 0 radical (unpaired) electrons. The predicted molar refractivity (Wildman–Crippen MR) is 79.7 cm³/mol. The summed E-state index contributed by atoms with van der Waals surface area (Å²) in [4.78, 5) is 14.2. The van der Waals surface area contributed by atoms with Crippen molar-refractivity contribution in [2.75, 3.05) is 7.05 Å². The number of thioether (sulfide) groups is 1. The highest BCUT2D eigenvalue weighted by Crippen LogP contribution is 2.36. The molecule has 1 aliphatic rings. The maximum absolute atomic E-state index is 12.0. The molecule has 1 amide bonds. The summed E-state index contributed by atoms with van der Waals surface area (Å²) in [5.41, 5.74) is 2.00. The lowest BCUT2D eigenvalue weighted by Gasteiger charge is -2.06. The third kappa shape index (κ3) is 2.46. The second-order valence-corrected chi connectivity index (χ2v) is 6.26. The maximum Gasteiger partial charge on any atom is 0.266 e. The van der Waals surface area contributed by atoms with Crippen molar-refractivity contribution in [2.24, 2.45) is 0 Å². The Morgan fingerprint density at radius 1 is 1.47 bits per heavy atom. The van der Waals surface area contributed by atoms with Crippen LogP contribution in [0.5, 0.6) is 0 Å². The highest BCUT2D eigenvalue weighted by atomic mass is 79.9. The maximum atomic E-state index is 12.0. The minimum Gasteiger partial charge on any atom is -0.296 e. The number of rotatable bonds is 1. The summed E-state index contributed by atoms with van der Waals surface area (Å²) < 4.78 is 1.61. The Labute approximate surface area is 118 Å². The van der Waals surface area contributed by atoms with E-state index in [9.17, 15) is 4.79 Å². The summed E-state index contributed by atoms with van der Waals surface area (Å²) >= 11 is 9.91. The first-order valence-electron chi connectivity index (χ1n) is 4.97. The average Bonchev–Trinajstić information content (AvgIpc) is 2.56. The molecule has 1 aromatic rings. The summed E-state index contributed by atoms with van der Waals surface area (Å²) in [6, 6.07) is 7.90. The van der Waals surface area contributed by atoms with Gasteiger partial charge in [0, 0.05) is 11.5 Å². The zero-order valence-corrected chi connectivity index (χ0v) is 12.6. The molecule has 88 valence electrons. The fourth-order valence-electron chi connectivity index (χ4n) is 1.52. The van der Waals surface area contributed by atoms with Gasteiger partial charge in [-0.3, -0.25) is 9.69 Å². The molecule has 2 nitrogen and oxygen atoms in total. The number of carbonyl (C=O) groups is 1. The molecule has 0 unspecified atom stereocenters. The fourth-order valence-corrected chi connectivity index (χ4v) is 3.15. The Hall–Kier alpha value is -0.650. The summed E-state index contributed by atoms with van der Waals surface area (Å²) in [6.45, 7) is 1.95. The Bertz CT molecular complexity index is 539. The minimum absolute atomic E-state index is 0.0162. The van der Waals surface area contributed by atoms with E-state index < -0.39 is 0 Å². The van der Waals surface area contributed by atoms with Crippen molar-refractivity contribution in [2.45, 2.75) is 6.92 Å². The molecule has 1 heterocycles. The first-order chi connectivity index (χ1) is 8.00. The van der Waals surface area contributed by atoms with Crippen LogP contribution in [0.2, 0.25) is 0 Å². The molecule has 2 rings (SSSR count). The molecule has 0 aliphatic carbocycles. The number of nitrogens with zero attached hydrogens (tertiary/aromatic N) is 1. The van der Waals surface area contributed by atoms with Crippen LogP contribution >= 0.6 is 39.9 Å². The van der Waals surface area contributed by atoms with Gasteiger partial charge in [-0.15, -0.1) is 0 Å². The lowest BCUT2D eigenvalue weighted by atomic mass is 10.1. The Morgan fingerprint density at radius 2 is 2.18 bits per heavy atom. The van der Waals surface area contributed by atoms with Crippen molar-refractivity contribution < 1.29 is 4.79 Å². The zero-order chi connectivity index (χ0) is 12.6. The zero-order valence-electron chi connectivity index (χ0n) is 9.36. The van der Waals surface area contributed by atoms with Gasteiger partial charge in [-0.2, -0.15) is 0 Å². The number of likely N-dealkylation sites (N-methyl/N-ethyl adjacent to an activating group) is 1. The SMILES string of the molecule is C/C(=C1/SC(=S)N(C)C1=O)c1cccc(Br)c1. The van der Waals surface area contributed by atoms with E-state index in [4.69, 9.17) is 12.2 Å². The standard InChI is InChI=1S/C12H10BrNOS2/c1-7(8-4-3-5-9(13)6-8)10-11(15)14(2)12(16)17-10/h3-6H,1-2H3/b10-7-. The van der Waals surface area contributed by atoms with Gasteiger partial charge in [0.25, 0.3) is 5.91 Å². The molecule has 0 spiro atoms. The van der Waals surface area contributed by atoms with Crippen LogP contribution < -0.4 is 0 Å². The number of hydrogen-bond acceptors (Lipinski definition) is 3. The van der Waals surface area contributed by atoms with E-state index in [-0.39, 0.29) is 5.91 Å². The molecular weight excluding hydrogens is 318 g/mol. The number of halogens is 1. The van der Waals surface area contributed by atoms with Crippen molar-refractivity contribution in [3.8, 4) is 0 Å². The molecule has 0 bridgehead atoms. The topological polar surface area (TPSA) is 20.3 Å². The van der Waals surface area contributed by atoms with Crippen molar-refractivity contribution in [3.05, 3.63) is 39.2 Å². The highest BCUT2D eigenvalue weighted by Gasteiger charge is 2.30. The molecule has 0 atom stereocenters. The molecule has 1 aliphatic heterocycles. The second-order valence-electron chi connectivity index (χ2n) is 3.70. The fraction of sp³-hybridized carbons (Fsp3) is 0.167. The van der Waals surface area contributed by atoms with Crippen LogP contribution in [0.15, 0.2) is 33.6 Å². The number of benzene rings is 1. The van der Waals surface area contributed by atoms with Gasteiger partial charge >= 0.3 is 0 Å². The van der Waals surface area contributed by atoms with Crippen LogP contribution in [-0.2, 0) is 4.79 Å². The first-order valence-corrected chi connectivity index (χ1v) is 6.99. The number of amides is 1. The Balaban J connectivity index is 2.46. The average molecular weight is 328 g/mol. The second kappa shape index (κ2) is 4.92. The molecule has 17 heavy (non-hydrogen) atoms. The lowest BCUT2D eigenvalue weighted by molar-refractivity contribution is -0.121.